The topological polar surface area (TPSA) is 63.6 Å². The zero-order valence-corrected chi connectivity index (χ0v) is 32.6. The molecule has 0 saturated carbocycles. The van der Waals surface area contributed by atoms with Gasteiger partial charge in [0, 0.05) is 12.8 Å². The summed E-state index contributed by atoms with van der Waals surface area (Å²) in [6, 6.07) is 0. The smallest absolute Gasteiger partial charge is 0.306 e. The summed E-state index contributed by atoms with van der Waals surface area (Å²) in [7, 11) is 0. The highest BCUT2D eigenvalue weighted by Crippen LogP contribution is 2.19. The van der Waals surface area contributed by atoms with Gasteiger partial charge in [-0.3, -0.25) is 9.59 Å². The van der Waals surface area contributed by atoms with E-state index < -0.39 is 5.97 Å². The quantitative estimate of drug-likeness (QED) is 0.0398. The van der Waals surface area contributed by atoms with Gasteiger partial charge in [-0.05, 0) is 64.2 Å². The van der Waals surface area contributed by atoms with Crippen LogP contribution in [0, 0.1) is 0 Å². The highest BCUT2D eigenvalue weighted by molar-refractivity contribution is 5.69. The first-order valence-electron chi connectivity index (χ1n) is 21.7. The van der Waals surface area contributed by atoms with Crippen molar-refractivity contribution in [3.05, 3.63) is 12.2 Å². The van der Waals surface area contributed by atoms with Crippen LogP contribution >= 0.6 is 0 Å². The van der Waals surface area contributed by atoms with E-state index >= 15 is 0 Å². The highest BCUT2D eigenvalue weighted by atomic mass is 16.5. The Morgan fingerprint density at radius 3 is 1.15 bits per heavy atom. The number of ether oxygens (including phenoxy) is 1. The number of hydrogen-bond donors (Lipinski definition) is 1. The standard InChI is InChI=1S/C44H84O4/c1-3-5-7-9-11-13-15-16-17-18-19-20-21-22-23-24-26-28-30-32-37-41-44(47)48-42(39-35-33-36-40-43(45)46)38-34-31-29-27-25-14-12-10-8-6-4-2/h16-17,42H,3-15,18-41H2,1-2H3,(H,45,46)/b17-16-. The average Bonchev–Trinajstić information content (AvgIpc) is 3.07. The number of aliphatic carboxylic acids is 1. The van der Waals surface area contributed by atoms with Gasteiger partial charge in [0.15, 0.2) is 0 Å². The lowest BCUT2D eigenvalue weighted by Crippen LogP contribution is -2.18. The van der Waals surface area contributed by atoms with Gasteiger partial charge in [0.25, 0.3) is 0 Å². The van der Waals surface area contributed by atoms with Gasteiger partial charge in [-0.2, -0.15) is 0 Å². The predicted octanol–water partition coefficient (Wildman–Crippen LogP) is 15.0. The summed E-state index contributed by atoms with van der Waals surface area (Å²) in [5, 5.41) is 8.90. The Morgan fingerprint density at radius 1 is 0.438 bits per heavy atom. The molecule has 4 heteroatoms. The third-order valence-corrected chi connectivity index (χ3v) is 9.99. The van der Waals surface area contributed by atoms with E-state index in [0.717, 1.165) is 44.9 Å². The summed E-state index contributed by atoms with van der Waals surface area (Å²) in [5.41, 5.74) is 0. The minimum atomic E-state index is -0.720. The van der Waals surface area contributed by atoms with Crippen molar-refractivity contribution in [1.29, 1.82) is 0 Å². The molecule has 0 fully saturated rings. The Morgan fingerprint density at radius 2 is 0.750 bits per heavy atom. The number of hydrogen-bond acceptors (Lipinski definition) is 3. The summed E-state index contributed by atoms with van der Waals surface area (Å²) >= 11 is 0. The summed E-state index contributed by atoms with van der Waals surface area (Å²) in [6.07, 6.45) is 49.6. The third kappa shape index (κ3) is 39.1. The van der Waals surface area contributed by atoms with Crippen LogP contribution in [0.15, 0.2) is 12.2 Å². The van der Waals surface area contributed by atoms with Crippen molar-refractivity contribution in [2.24, 2.45) is 0 Å². The summed E-state index contributed by atoms with van der Waals surface area (Å²) in [5.74, 6) is -0.746. The molecule has 1 unspecified atom stereocenters. The van der Waals surface area contributed by atoms with Crippen LogP contribution in [0.2, 0.25) is 0 Å². The Bertz CT molecular complexity index is 687. The van der Waals surface area contributed by atoms with Crippen LogP contribution in [0.25, 0.3) is 0 Å². The molecule has 0 bridgehead atoms. The fourth-order valence-electron chi connectivity index (χ4n) is 6.77. The molecule has 0 aromatic rings. The molecule has 0 rings (SSSR count). The maximum Gasteiger partial charge on any atom is 0.306 e. The monoisotopic (exact) mass is 677 g/mol. The minimum absolute atomic E-state index is 0.00673. The van der Waals surface area contributed by atoms with Crippen molar-refractivity contribution < 1.29 is 19.4 Å². The van der Waals surface area contributed by atoms with Crippen molar-refractivity contribution in [3.8, 4) is 0 Å². The second-order valence-electron chi connectivity index (χ2n) is 14.9. The lowest BCUT2D eigenvalue weighted by molar-refractivity contribution is -0.150. The Labute approximate surface area is 300 Å². The SMILES string of the molecule is CCCCCCCC/C=C\CCCCCCCCCCCCCC(=O)OC(CCCCCCCCCCCCC)CCCCCC(=O)O. The van der Waals surface area contributed by atoms with E-state index in [2.05, 4.69) is 26.0 Å². The van der Waals surface area contributed by atoms with Crippen molar-refractivity contribution >= 4 is 11.9 Å². The Hall–Kier alpha value is -1.32. The van der Waals surface area contributed by atoms with Gasteiger partial charge < -0.3 is 9.84 Å². The van der Waals surface area contributed by atoms with Crippen molar-refractivity contribution in [3.63, 3.8) is 0 Å². The van der Waals surface area contributed by atoms with Gasteiger partial charge in [-0.15, -0.1) is 0 Å². The molecule has 0 heterocycles. The third-order valence-electron chi connectivity index (χ3n) is 9.99. The van der Waals surface area contributed by atoms with Crippen molar-refractivity contribution in [2.75, 3.05) is 0 Å². The fourth-order valence-corrected chi connectivity index (χ4v) is 6.77. The first-order valence-corrected chi connectivity index (χ1v) is 21.7. The molecule has 1 atom stereocenters. The molecule has 0 aromatic heterocycles. The first kappa shape index (κ1) is 46.7. The molecule has 0 saturated heterocycles. The van der Waals surface area contributed by atoms with Gasteiger partial charge in [0.05, 0.1) is 0 Å². The number of unbranched alkanes of at least 4 members (excludes halogenated alkanes) is 29. The highest BCUT2D eigenvalue weighted by Gasteiger charge is 2.14. The van der Waals surface area contributed by atoms with E-state index in [-0.39, 0.29) is 18.5 Å². The van der Waals surface area contributed by atoms with Gasteiger partial charge in [-0.25, -0.2) is 0 Å². The van der Waals surface area contributed by atoms with Crippen molar-refractivity contribution in [2.45, 2.75) is 258 Å². The van der Waals surface area contributed by atoms with Gasteiger partial charge in [0.2, 0.25) is 0 Å². The van der Waals surface area contributed by atoms with Crippen LogP contribution in [0.1, 0.15) is 251 Å². The van der Waals surface area contributed by atoms with Gasteiger partial charge >= 0.3 is 11.9 Å². The van der Waals surface area contributed by atoms with E-state index in [0.29, 0.717) is 12.8 Å². The minimum Gasteiger partial charge on any atom is -0.481 e. The normalized spacial score (nSPS) is 12.2. The van der Waals surface area contributed by atoms with Crippen molar-refractivity contribution in [1.82, 2.24) is 0 Å². The molecule has 1 N–H and O–H groups in total. The number of allylic oxidation sites excluding steroid dienone is 2. The number of carboxylic acids is 1. The van der Waals surface area contributed by atoms with Crippen LogP contribution in [0.3, 0.4) is 0 Å². The molecular weight excluding hydrogens is 592 g/mol. The largest absolute Gasteiger partial charge is 0.481 e. The summed E-state index contributed by atoms with van der Waals surface area (Å²) < 4.78 is 5.95. The number of carbonyl (C=O) groups is 2. The number of rotatable bonds is 40. The van der Waals surface area contributed by atoms with E-state index in [4.69, 9.17) is 9.84 Å². The Kier molecular flexibility index (Phi) is 39.0. The van der Waals surface area contributed by atoms with Crippen LogP contribution < -0.4 is 0 Å². The van der Waals surface area contributed by atoms with Crippen LogP contribution in [0.5, 0.6) is 0 Å². The van der Waals surface area contributed by atoms with Gasteiger partial charge in [-0.1, -0.05) is 187 Å². The van der Waals surface area contributed by atoms with E-state index in [1.807, 2.05) is 0 Å². The molecule has 0 amide bonds. The molecule has 48 heavy (non-hydrogen) atoms. The van der Waals surface area contributed by atoms with E-state index in [1.165, 1.54) is 173 Å². The zero-order chi connectivity index (χ0) is 35.0. The molecule has 0 spiro atoms. The molecule has 284 valence electrons. The van der Waals surface area contributed by atoms with Crippen LogP contribution in [-0.2, 0) is 14.3 Å². The Balaban J connectivity index is 3.79. The zero-order valence-electron chi connectivity index (χ0n) is 32.6. The second kappa shape index (κ2) is 40.1. The number of esters is 1. The molecular formula is C44H84O4. The summed E-state index contributed by atoms with van der Waals surface area (Å²) in [6.45, 7) is 4.55. The van der Waals surface area contributed by atoms with E-state index in [1.54, 1.807) is 0 Å². The van der Waals surface area contributed by atoms with E-state index in [9.17, 15) is 9.59 Å². The molecule has 4 nitrogen and oxygen atoms in total. The lowest BCUT2D eigenvalue weighted by Gasteiger charge is -2.18. The fraction of sp³-hybridized carbons (Fsp3) is 0.909. The first-order chi connectivity index (χ1) is 23.6. The molecule has 0 aliphatic heterocycles. The summed E-state index contributed by atoms with van der Waals surface area (Å²) in [4.78, 5) is 23.4. The van der Waals surface area contributed by atoms with Gasteiger partial charge in [0.1, 0.15) is 6.10 Å². The maximum atomic E-state index is 12.6. The maximum absolute atomic E-state index is 12.6. The second-order valence-corrected chi connectivity index (χ2v) is 14.9. The average molecular weight is 677 g/mol. The molecule has 0 aliphatic carbocycles. The molecule has 0 radical (unpaired) electrons. The predicted molar refractivity (Wildman–Crippen MR) is 209 cm³/mol. The number of carboxylic acid groups (broad SMARTS) is 1. The molecule has 0 aliphatic rings. The lowest BCUT2D eigenvalue weighted by atomic mass is 10.0. The number of carbonyl (C=O) groups excluding carboxylic acids is 1. The molecule has 0 aromatic carbocycles. The van der Waals surface area contributed by atoms with Crippen LogP contribution in [-0.4, -0.2) is 23.1 Å². The van der Waals surface area contributed by atoms with Crippen LogP contribution in [0.4, 0.5) is 0 Å².